The van der Waals surface area contributed by atoms with Gasteiger partial charge in [0.05, 0.1) is 0 Å². The van der Waals surface area contributed by atoms with Gasteiger partial charge in [0.2, 0.25) is 5.91 Å². The molecule has 2 N–H and O–H groups in total. The molecular weight excluding hydrogens is 240 g/mol. The van der Waals surface area contributed by atoms with E-state index in [1.807, 2.05) is 18.2 Å². The highest BCUT2D eigenvalue weighted by molar-refractivity contribution is 5.75. The third kappa shape index (κ3) is 6.82. The lowest BCUT2D eigenvalue weighted by molar-refractivity contribution is -0.121. The van der Waals surface area contributed by atoms with Gasteiger partial charge in [0, 0.05) is 38.9 Å². The smallest absolute Gasteiger partial charge is 0.219 e. The molecule has 0 bridgehead atoms. The maximum Gasteiger partial charge on any atom is 0.219 e. The number of aliphatic hydroxyl groups is 1. The number of nitrogens with one attached hydrogen (secondary N) is 1. The quantitative estimate of drug-likeness (QED) is 0.669. The van der Waals surface area contributed by atoms with Gasteiger partial charge in [-0.15, -0.1) is 0 Å². The first kappa shape index (κ1) is 15.5. The van der Waals surface area contributed by atoms with Gasteiger partial charge in [-0.3, -0.25) is 4.79 Å². The van der Waals surface area contributed by atoms with Gasteiger partial charge in [-0.05, 0) is 31.4 Å². The molecule has 1 amide bonds. The second-order valence-electron chi connectivity index (χ2n) is 4.64. The molecule has 1 aromatic carbocycles. The Balaban J connectivity index is 2.09. The monoisotopic (exact) mass is 264 g/mol. The number of aliphatic hydroxyl groups excluding tert-OH is 1. The van der Waals surface area contributed by atoms with Gasteiger partial charge in [-0.2, -0.15) is 0 Å². The van der Waals surface area contributed by atoms with Crippen LogP contribution in [-0.4, -0.2) is 37.8 Å². The molecule has 0 aliphatic carbocycles. The topological polar surface area (TPSA) is 52.6 Å². The summed E-state index contributed by atoms with van der Waals surface area (Å²) in [6.07, 6.45) is 2.89. The fourth-order valence-electron chi connectivity index (χ4n) is 1.84. The number of benzene rings is 1. The Bertz CT molecular complexity index is 354. The molecule has 0 aromatic heterocycles. The minimum absolute atomic E-state index is 0.0795. The van der Waals surface area contributed by atoms with Crippen LogP contribution in [0.4, 0.5) is 5.69 Å². The van der Waals surface area contributed by atoms with E-state index in [-0.39, 0.29) is 12.5 Å². The van der Waals surface area contributed by atoms with Crippen molar-refractivity contribution in [1.82, 2.24) is 5.32 Å². The molecule has 4 nitrogen and oxygen atoms in total. The molecule has 4 heteroatoms. The lowest BCUT2D eigenvalue weighted by atomic mass is 10.2. The number of anilines is 1. The van der Waals surface area contributed by atoms with Crippen molar-refractivity contribution in [1.29, 1.82) is 0 Å². The van der Waals surface area contributed by atoms with Crippen molar-refractivity contribution < 1.29 is 9.90 Å². The number of carbonyl (C=O) groups is 1. The summed E-state index contributed by atoms with van der Waals surface area (Å²) >= 11 is 0. The van der Waals surface area contributed by atoms with Crippen LogP contribution in [0.5, 0.6) is 0 Å². The van der Waals surface area contributed by atoms with Gasteiger partial charge in [0.25, 0.3) is 0 Å². The van der Waals surface area contributed by atoms with Crippen molar-refractivity contribution in [3.8, 4) is 0 Å². The number of nitrogens with zero attached hydrogens (tertiary/aromatic N) is 1. The molecule has 0 spiro atoms. The standard InChI is InChI=1S/C15H24N2O2/c1-17(14-8-3-2-4-9-14)12-7-11-16-15(19)10-5-6-13-18/h2-4,8-9,18H,5-7,10-13H2,1H3,(H,16,19). The van der Waals surface area contributed by atoms with Crippen LogP contribution >= 0.6 is 0 Å². The number of rotatable bonds is 9. The normalized spacial score (nSPS) is 10.2. The Morgan fingerprint density at radius 1 is 1.21 bits per heavy atom. The summed E-state index contributed by atoms with van der Waals surface area (Å²) in [6, 6.07) is 10.2. The SMILES string of the molecule is CN(CCCNC(=O)CCCCO)c1ccccc1. The number of hydrogen-bond donors (Lipinski definition) is 2. The molecular formula is C15H24N2O2. The van der Waals surface area contributed by atoms with E-state index in [9.17, 15) is 4.79 Å². The average molecular weight is 264 g/mol. The molecule has 0 saturated heterocycles. The van der Waals surface area contributed by atoms with Crippen LogP contribution in [0, 0.1) is 0 Å². The molecule has 0 fully saturated rings. The molecule has 19 heavy (non-hydrogen) atoms. The Morgan fingerprint density at radius 3 is 2.63 bits per heavy atom. The fourth-order valence-corrected chi connectivity index (χ4v) is 1.84. The molecule has 0 atom stereocenters. The van der Waals surface area contributed by atoms with Crippen LogP contribution in [0.15, 0.2) is 30.3 Å². The summed E-state index contributed by atoms with van der Waals surface area (Å²) in [7, 11) is 2.05. The minimum atomic E-state index is 0.0795. The average Bonchev–Trinajstić information content (AvgIpc) is 2.44. The van der Waals surface area contributed by atoms with Crippen LogP contribution in [0.1, 0.15) is 25.7 Å². The van der Waals surface area contributed by atoms with Gasteiger partial charge >= 0.3 is 0 Å². The van der Waals surface area contributed by atoms with E-state index < -0.39 is 0 Å². The largest absolute Gasteiger partial charge is 0.396 e. The van der Waals surface area contributed by atoms with E-state index in [1.54, 1.807) is 0 Å². The van der Waals surface area contributed by atoms with Gasteiger partial charge in [-0.25, -0.2) is 0 Å². The van der Waals surface area contributed by atoms with Crippen LogP contribution < -0.4 is 10.2 Å². The summed E-state index contributed by atoms with van der Waals surface area (Å²) in [5.74, 6) is 0.0795. The maximum absolute atomic E-state index is 11.4. The number of amides is 1. The summed E-state index contributed by atoms with van der Waals surface area (Å²) in [5, 5.41) is 11.5. The van der Waals surface area contributed by atoms with E-state index >= 15 is 0 Å². The molecule has 1 rings (SSSR count). The van der Waals surface area contributed by atoms with Crippen LogP contribution in [-0.2, 0) is 4.79 Å². The highest BCUT2D eigenvalue weighted by atomic mass is 16.2. The number of para-hydroxylation sites is 1. The molecule has 0 heterocycles. The first-order valence-electron chi connectivity index (χ1n) is 6.88. The second kappa shape index (κ2) is 9.39. The van der Waals surface area contributed by atoms with Crippen molar-refractivity contribution >= 4 is 11.6 Å². The van der Waals surface area contributed by atoms with Crippen molar-refractivity contribution in [3.63, 3.8) is 0 Å². The first-order valence-corrected chi connectivity index (χ1v) is 6.88. The highest BCUT2D eigenvalue weighted by Crippen LogP contribution is 2.10. The zero-order chi connectivity index (χ0) is 13.9. The van der Waals surface area contributed by atoms with E-state index in [1.165, 1.54) is 5.69 Å². The fraction of sp³-hybridized carbons (Fsp3) is 0.533. The Labute approximate surface area is 115 Å². The maximum atomic E-state index is 11.4. The molecule has 0 unspecified atom stereocenters. The van der Waals surface area contributed by atoms with Crippen molar-refractivity contribution in [2.45, 2.75) is 25.7 Å². The number of unbranched alkanes of at least 4 members (excludes halogenated alkanes) is 1. The molecule has 0 radical (unpaired) electrons. The first-order chi connectivity index (χ1) is 9.24. The minimum Gasteiger partial charge on any atom is -0.396 e. The van der Waals surface area contributed by atoms with Gasteiger partial charge in [0.1, 0.15) is 0 Å². The molecule has 106 valence electrons. The summed E-state index contributed by atoms with van der Waals surface area (Å²) < 4.78 is 0. The summed E-state index contributed by atoms with van der Waals surface area (Å²) in [6.45, 7) is 1.78. The predicted molar refractivity (Wildman–Crippen MR) is 78.3 cm³/mol. The van der Waals surface area contributed by atoms with Gasteiger partial charge < -0.3 is 15.3 Å². The number of carbonyl (C=O) groups excluding carboxylic acids is 1. The van der Waals surface area contributed by atoms with Crippen LogP contribution in [0.3, 0.4) is 0 Å². The second-order valence-corrected chi connectivity index (χ2v) is 4.64. The Kier molecular flexibility index (Phi) is 7.66. The van der Waals surface area contributed by atoms with E-state index in [0.29, 0.717) is 19.4 Å². The van der Waals surface area contributed by atoms with E-state index in [2.05, 4.69) is 29.4 Å². The zero-order valence-corrected chi connectivity index (χ0v) is 11.6. The molecule has 1 aromatic rings. The van der Waals surface area contributed by atoms with Gasteiger partial charge in [-0.1, -0.05) is 18.2 Å². The number of hydrogen-bond acceptors (Lipinski definition) is 3. The van der Waals surface area contributed by atoms with E-state index in [0.717, 1.165) is 19.4 Å². The lowest BCUT2D eigenvalue weighted by Crippen LogP contribution is -2.28. The third-order valence-corrected chi connectivity index (χ3v) is 3.00. The van der Waals surface area contributed by atoms with Crippen LogP contribution in [0.2, 0.25) is 0 Å². The van der Waals surface area contributed by atoms with Crippen molar-refractivity contribution in [2.24, 2.45) is 0 Å². The summed E-state index contributed by atoms with van der Waals surface area (Å²) in [4.78, 5) is 13.6. The van der Waals surface area contributed by atoms with E-state index in [4.69, 9.17) is 5.11 Å². The van der Waals surface area contributed by atoms with Crippen molar-refractivity contribution in [2.75, 3.05) is 31.6 Å². The Hall–Kier alpha value is -1.55. The zero-order valence-electron chi connectivity index (χ0n) is 11.6. The molecule has 0 saturated carbocycles. The van der Waals surface area contributed by atoms with Crippen LogP contribution in [0.25, 0.3) is 0 Å². The van der Waals surface area contributed by atoms with Gasteiger partial charge in [0.15, 0.2) is 0 Å². The lowest BCUT2D eigenvalue weighted by Gasteiger charge is -2.19. The van der Waals surface area contributed by atoms with Crippen molar-refractivity contribution in [3.05, 3.63) is 30.3 Å². The molecule has 0 aliphatic rings. The summed E-state index contributed by atoms with van der Waals surface area (Å²) in [5.41, 5.74) is 1.19. The highest BCUT2D eigenvalue weighted by Gasteiger charge is 2.02. The Morgan fingerprint density at radius 2 is 1.95 bits per heavy atom. The predicted octanol–water partition coefficient (Wildman–Crippen LogP) is 1.79. The third-order valence-electron chi connectivity index (χ3n) is 3.00. The molecule has 0 aliphatic heterocycles.